The van der Waals surface area contributed by atoms with Crippen LogP contribution in [-0.2, 0) is 10.8 Å². The summed E-state index contributed by atoms with van der Waals surface area (Å²) >= 11 is 0. The summed E-state index contributed by atoms with van der Waals surface area (Å²) in [6, 6.07) is 35.2. The van der Waals surface area contributed by atoms with Crippen LogP contribution in [-0.4, -0.2) is 0 Å². The molecule has 2 aliphatic rings. The first-order valence-electron chi connectivity index (χ1n) is 15.6. The number of rotatable bonds is 2. The highest BCUT2D eigenvalue weighted by molar-refractivity contribution is 5.94. The van der Waals surface area contributed by atoms with Gasteiger partial charge in [-0.15, -0.1) is 0 Å². The number of aryl methyl sites for hydroxylation is 2. The lowest BCUT2D eigenvalue weighted by Crippen LogP contribution is -2.17. The highest BCUT2D eigenvalue weighted by Crippen LogP contribution is 2.58. The Labute approximate surface area is 258 Å². The van der Waals surface area contributed by atoms with E-state index in [4.69, 9.17) is 8.83 Å². The normalized spacial score (nSPS) is 15.4. The van der Waals surface area contributed by atoms with Crippen LogP contribution in [0, 0.1) is 13.8 Å². The first-order chi connectivity index (χ1) is 21.1. The van der Waals surface area contributed by atoms with Gasteiger partial charge in [0.2, 0.25) is 0 Å². The number of para-hydroxylation sites is 2. The van der Waals surface area contributed by atoms with Gasteiger partial charge < -0.3 is 8.83 Å². The Balaban J connectivity index is 1.20. The molecule has 0 spiro atoms. The summed E-state index contributed by atoms with van der Waals surface area (Å²) in [4.78, 5) is 0. The molecule has 2 heteroatoms. The molecule has 0 N–H and O–H groups in total. The Morgan fingerprint density at radius 2 is 0.864 bits per heavy atom. The molecule has 44 heavy (non-hydrogen) atoms. The zero-order chi connectivity index (χ0) is 30.1. The van der Waals surface area contributed by atoms with Gasteiger partial charge in [0.1, 0.15) is 22.7 Å². The van der Waals surface area contributed by atoms with Crippen LogP contribution in [0.2, 0.25) is 0 Å². The molecular formula is C42H34O2. The second kappa shape index (κ2) is 8.42. The third-order valence-corrected chi connectivity index (χ3v) is 10.5. The second-order valence-electron chi connectivity index (χ2n) is 13.9. The third-order valence-electron chi connectivity index (χ3n) is 10.5. The van der Waals surface area contributed by atoms with Gasteiger partial charge in [-0.05, 0) is 130 Å². The first kappa shape index (κ1) is 25.7. The standard InChI is InChI=1S/C42H34O2/c1-23-15-27(37-19-25-11-7-9-13-35(25)43-37)17-33-39(23)29-21-32-30(22-31(29)41(33,3)4)40-24(2)16-28(18-34(40)42(32,5)6)38-20-26-12-8-10-14-36(26)44-38/h7-22H,1-6H3. The van der Waals surface area contributed by atoms with Gasteiger partial charge >= 0.3 is 0 Å². The van der Waals surface area contributed by atoms with Crippen molar-refractivity contribution in [3.63, 3.8) is 0 Å². The fourth-order valence-electron chi connectivity index (χ4n) is 8.15. The number of fused-ring (bicyclic) bond motifs is 8. The van der Waals surface area contributed by atoms with Crippen LogP contribution in [0.5, 0.6) is 0 Å². The molecule has 2 aromatic heterocycles. The molecule has 9 rings (SSSR count). The Morgan fingerprint density at radius 3 is 1.27 bits per heavy atom. The predicted molar refractivity (Wildman–Crippen MR) is 181 cm³/mol. The minimum absolute atomic E-state index is 0.137. The molecule has 0 saturated heterocycles. The predicted octanol–water partition coefficient (Wildman–Crippen LogP) is 11.7. The number of hydrogen-bond donors (Lipinski definition) is 0. The summed E-state index contributed by atoms with van der Waals surface area (Å²) in [5, 5.41) is 2.28. The van der Waals surface area contributed by atoms with E-state index in [9.17, 15) is 0 Å². The molecule has 0 atom stereocenters. The molecule has 0 amide bonds. The molecule has 2 heterocycles. The summed E-state index contributed by atoms with van der Waals surface area (Å²) < 4.78 is 12.6. The van der Waals surface area contributed by atoms with Crippen molar-refractivity contribution in [3.8, 4) is 44.9 Å². The SMILES string of the molecule is Cc1cc(-c2cc3ccccc3o2)cc2c1-c1cc3c(cc1C2(C)C)-c1c(C)cc(-c2cc4ccccc4o2)cc1C3(C)C. The molecule has 0 bridgehead atoms. The van der Waals surface area contributed by atoms with Crippen molar-refractivity contribution in [2.45, 2.75) is 52.4 Å². The van der Waals surface area contributed by atoms with Crippen LogP contribution in [0.1, 0.15) is 61.1 Å². The van der Waals surface area contributed by atoms with Crippen LogP contribution >= 0.6 is 0 Å². The molecule has 0 fully saturated rings. The minimum Gasteiger partial charge on any atom is -0.456 e. The van der Waals surface area contributed by atoms with Crippen LogP contribution in [0.25, 0.3) is 66.8 Å². The van der Waals surface area contributed by atoms with E-state index in [0.717, 1.165) is 44.6 Å². The number of hydrogen-bond acceptors (Lipinski definition) is 2. The molecule has 0 aliphatic heterocycles. The minimum atomic E-state index is -0.137. The average Bonchev–Trinajstić information content (AvgIpc) is 3.73. The van der Waals surface area contributed by atoms with Crippen molar-refractivity contribution in [1.82, 2.24) is 0 Å². The summed E-state index contributed by atoms with van der Waals surface area (Å²) in [7, 11) is 0. The van der Waals surface area contributed by atoms with Gasteiger partial charge in [-0.2, -0.15) is 0 Å². The monoisotopic (exact) mass is 570 g/mol. The van der Waals surface area contributed by atoms with Crippen LogP contribution < -0.4 is 0 Å². The Bertz CT molecular complexity index is 2120. The van der Waals surface area contributed by atoms with Crippen LogP contribution in [0.3, 0.4) is 0 Å². The van der Waals surface area contributed by atoms with E-state index in [0.29, 0.717) is 0 Å². The quantitative estimate of drug-likeness (QED) is 0.207. The van der Waals surface area contributed by atoms with Gasteiger partial charge in [-0.25, -0.2) is 0 Å². The van der Waals surface area contributed by atoms with Crippen molar-refractivity contribution < 1.29 is 8.83 Å². The van der Waals surface area contributed by atoms with Crippen molar-refractivity contribution in [2.75, 3.05) is 0 Å². The van der Waals surface area contributed by atoms with Gasteiger partial charge in [0.25, 0.3) is 0 Å². The van der Waals surface area contributed by atoms with E-state index in [1.807, 2.05) is 24.3 Å². The van der Waals surface area contributed by atoms with Gasteiger partial charge in [-0.3, -0.25) is 0 Å². The van der Waals surface area contributed by atoms with Gasteiger partial charge in [0.05, 0.1) is 0 Å². The average molecular weight is 571 g/mol. The number of furan rings is 2. The maximum absolute atomic E-state index is 6.31. The maximum atomic E-state index is 6.31. The molecule has 7 aromatic rings. The lowest BCUT2D eigenvalue weighted by atomic mass is 9.79. The van der Waals surface area contributed by atoms with Crippen LogP contribution in [0.15, 0.2) is 106 Å². The topological polar surface area (TPSA) is 26.3 Å². The van der Waals surface area contributed by atoms with E-state index in [1.165, 1.54) is 55.6 Å². The summed E-state index contributed by atoms with van der Waals surface area (Å²) in [6.45, 7) is 14.0. The first-order valence-corrected chi connectivity index (χ1v) is 15.6. The van der Waals surface area contributed by atoms with Gasteiger partial charge in [0, 0.05) is 32.7 Å². The molecule has 0 unspecified atom stereocenters. The lowest BCUT2D eigenvalue weighted by molar-refractivity contribution is 0.629. The summed E-state index contributed by atoms with van der Waals surface area (Å²) in [6.07, 6.45) is 0. The smallest absolute Gasteiger partial charge is 0.135 e. The number of benzene rings is 5. The third kappa shape index (κ3) is 3.31. The second-order valence-corrected chi connectivity index (χ2v) is 13.9. The largest absolute Gasteiger partial charge is 0.456 e. The summed E-state index contributed by atoms with van der Waals surface area (Å²) in [5.74, 6) is 1.86. The van der Waals surface area contributed by atoms with Crippen LogP contribution in [0.4, 0.5) is 0 Å². The van der Waals surface area contributed by atoms with Gasteiger partial charge in [0.15, 0.2) is 0 Å². The fourth-order valence-corrected chi connectivity index (χ4v) is 8.15. The van der Waals surface area contributed by atoms with Crippen molar-refractivity contribution >= 4 is 21.9 Å². The molecule has 5 aromatic carbocycles. The van der Waals surface area contributed by atoms with E-state index < -0.39 is 0 Å². The molecule has 2 nitrogen and oxygen atoms in total. The Morgan fingerprint density at radius 1 is 0.455 bits per heavy atom. The zero-order valence-corrected chi connectivity index (χ0v) is 26.1. The molecule has 214 valence electrons. The summed E-state index contributed by atoms with van der Waals surface area (Å²) in [5.41, 5.74) is 17.5. The highest BCUT2D eigenvalue weighted by Gasteiger charge is 2.43. The van der Waals surface area contributed by atoms with Gasteiger partial charge in [-0.1, -0.05) is 64.1 Å². The van der Waals surface area contributed by atoms with Crippen molar-refractivity contribution in [3.05, 3.63) is 130 Å². The van der Waals surface area contributed by atoms with E-state index in [-0.39, 0.29) is 10.8 Å². The van der Waals surface area contributed by atoms with Crippen molar-refractivity contribution in [1.29, 1.82) is 0 Å². The highest BCUT2D eigenvalue weighted by atomic mass is 16.3. The fraction of sp³-hybridized carbons (Fsp3) is 0.190. The van der Waals surface area contributed by atoms with Crippen molar-refractivity contribution in [2.24, 2.45) is 0 Å². The molecular weight excluding hydrogens is 536 g/mol. The van der Waals surface area contributed by atoms with E-state index >= 15 is 0 Å². The van der Waals surface area contributed by atoms with E-state index in [2.05, 4.69) is 114 Å². The van der Waals surface area contributed by atoms with E-state index in [1.54, 1.807) is 0 Å². The maximum Gasteiger partial charge on any atom is 0.135 e. The molecule has 2 aliphatic carbocycles. The lowest BCUT2D eigenvalue weighted by Gasteiger charge is -2.24. The Hall–Kier alpha value is -4.82. The molecule has 0 radical (unpaired) electrons. The zero-order valence-electron chi connectivity index (χ0n) is 26.1. The molecule has 0 saturated carbocycles. The Kier molecular flexibility index (Phi) is 4.91.